The first-order valence-electron chi connectivity index (χ1n) is 9.57. The summed E-state index contributed by atoms with van der Waals surface area (Å²) in [6.45, 7) is 2.30. The predicted octanol–water partition coefficient (Wildman–Crippen LogP) is 3.60. The van der Waals surface area contributed by atoms with Crippen molar-refractivity contribution >= 4 is 11.0 Å². The molecular formula is C23H27N2O2+. The largest absolute Gasteiger partial charge is 0.497 e. The summed E-state index contributed by atoms with van der Waals surface area (Å²) >= 11 is 0. The molecule has 0 unspecified atom stereocenters. The number of hydrogen-bond donors (Lipinski definition) is 0. The molecule has 27 heavy (non-hydrogen) atoms. The van der Waals surface area contributed by atoms with Crippen LogP contribution in [0.1, 0.15) is 12.8 Å². The highest BCUT2D eigenvalue weighted by Gasteiger charge is 2.24. The molecule has 4 nitrogen and oxygen atoms in total. The van der Waals surface area contributed by atoms with E-state index in [1.54, 1.807) is 7.11 Å². The topological polar surface area (TPSA) is 28.6 Å². The van der Waals surface area contributed by atoms with Gasteiger partial charge in [0, 0.05) is 31.5 Å². The van der Waals surface area contributed by atoms with E-state index in [4.69, 9.17) is 9.15 Å². The summed E-state index contributed by atoms with van der Waals surface area (Å²) in [5.41, 5.74) is 1.97. The van der Waals surface area contributed by atoms with Gasteiger partial charge in [0.25, 0.3) is 0 Å². The lowest BCUT2D eigenvalue weighted by molar-refractivity contribution is 0.227. The number of nitrogens with zero attached hydrogens (tertiary/aromatic N) is 2. The lowest BCUT2D eigenvalue weighted by Gasteiger charge is -2.26. The zero-order chi connectivity index (χ0) is 18.8. The zero-order valence-electron chi connectivity index (χ0n) is 16.3. The predicted molar refractivity (Wildman–Crippen MR) is 110 cm³/mol. The first kappa shape index (κ1) is 17.8. The zero-order valence-corrected chi connectivity index (χ0v) is 16.3. The van der Waals surface area contributed by atoms with Crippen molar-refractivity contribution in [2.75, 3.05) is 34.3 Å². The van der Waals surface area contributed by atoms with E-state index in [-0.39, 0.29) is 0 Å². The molecule has 4 rings (SSSR count). The average Bonchev–Trinajstić information content (AvgIpc) is 2.73. The number of fused-ring (bicyclic) bond motifs is 1. The number of para-hydroxylation sites is 1. The molecular weight excluding hydrogens is 336 g/mol. The van der Waals surface area contributed by atoms with Crippen molar-refractivity contribution in [3.05, 3.63) is 60.0 Å². The van der Waals surface area contributed by atoms with Gasteiger partial charge in [0.15, 0.2) is 6.04 Å². The molecule has 4 heteroatoms. The Hall–Kier alpha value is -2.59. The van der Waals surface area contributed by atoms with Gasteiger partial charge in [-0.15, -0.1) is 0 Å². The van der Waals surface area contributed by atoms with Gasteiger partial charge in [0.1, 0.15) is 24.1 Å². The molecule has 0 aliphatic carbocycles. The van der Waals surface area contributed by atoms with E-state index in [1.807, 2.05) is 36.4 Å². The van der Waals surface area contributed by atoms with E-state index < -0.39 is 0 Å². The van der Waals surface area contributed by atoms with Crippen LogP contribution in [0.15, 0.2) is 59.0 Å². The van der Waals surface area contributed by atoms with E-state index in [0.29, 0.717) is 6.04 Å². The fraction of sp³-hybridized carbons (Fsp3) is 0.348. The number of rotatable bonds is 3. The van der Waals surface area contributed by atoms with Crippen molar-refractivity contribution < 1.29 is 9.15 Å². The van der Waals surface area contributed by atoms with Gasteiger partial charge < -0.3 is 14.1 Å². The van der Waals surface area contributed by atoms with Crippen LogP contribution in [0.4, 0.5) is 0 Å². The molecule has 1 fully saturated rings. The van der Waals surface area contributed by atoms with Crippen LogP contribution in [0.3, 0.4) is 0 Å². The molecule has 140 valence electrons. The summed E-state index contributed by atoms with van der Waals surface area (Å²) in [6.07, 6.45) is 2.37. The maximum atomic E-state index is 6.24. The van der Waals surface area contributed by atoms with E-state index in [9.17, 15) is 0 Å². The first-order valence-corrected chi connectivity index (χ1v) is 9.57. The number of methoxy groups -OCH3 is 1. The third kappa shape index (κ3) is 3.62. The molecule has 2 aromatic carbocycles. The summed E-state index contributed by atoms with van der Waals surface area (Å²) in [7, 11) is 6.11. The molecule has 3 aromatic rings. The fourth-order valence-electron chi connectivity index (χ4n) is 3.89. The quantitative estimate of drug-likeness (QED) is 0.666. The minimum Gasteiger partial charge on any atom is -0.497 e. The van der Waals surface area contributed by atoms with Crippen molar-refractivity contribution in [2.45, 2.75) is 18.9 Å². The lowest BCUT2D eigenvalue weighted by atomic mass is 10.0. The normalized spacial score (nSPS) is 17.1. The highest BCUT2D eigenvalue weighted by Crippen LogP contribution is 2.24. The van der Waals surface area contributed by atoms with E-state index in [2.05, 4.69) is 41.8 Å². The Balaban J connectivity index is 1.87. The molecule has 0 saturated carbocycles. The lowest BCUT2D eigenvalue weighted by Crippen LogP contribution is -2.44. The summed E-state index contributed by atoms with van der Waals surface area (Å²) in [5, 5.41) is 2.40. The Labute approximate surface area is 160 Å². The Kier molecular flexibility index (Phi) is 4.99. The fourth-order valence-corrected chi connectivity index (χ4v) is 3.89. The Morgan fingerprint density at radius 2 is 1.74 bits per heavy atom. The van der Waals surface area contributed by atoms with Crippen LogP contribution in [0, 0.1) is 0 Å². The standard InChI is InChI=1S/C23H27N2O2/c1-24-14-12-18(13-15-24)25(2)21-16-23(17-8-10-19(26-3)11-9-17)27-22-7-5-4-6-20(21)22/h4-11,16,18H,12-15H2,1-3H3/q+1. The van der Waals surface area contributed by atoms with Crippen molar-refractivity contribution in [1.29, 1.82) is 0 Å². The van der Waals surface area contributed by atoms with Gasteiger partial charge in [0.05, 0.1) is 18.6 Å². The van der Waals surface area contributed by atoms with Crippen LogP contribution >= 0.6 is 0 Å². The molecule has 1 saturated heterocycles. The smallest absolute Gasteiger partial charge is 0.214 e. The molecule has 1 aliphatic heterocycles. The number of ether oxygens (including phenoxy) is 1. The second-order valence-corrected chi connectivity index (χ2v) is 7.37. The SMILES string of the molecule is COc1ccc(-c2cc(=[N+](C)C3CCN(C)CC3)c3ccccc3o2)cc1. The van der Waals surface area contributed by atoms with Gasteiger partial charge in [-0.25, -0.2) is 4.58 Å². The number of benzene rings is 2. The van der Waals surface area contributed by atoms with Crippen molar-refractivity contribution in [1.82, 2.24) is 9.48 Å². The van der Waals surface area contributed by atoms with Gasteiger partial charge in [-0.2, -0.15) is 0 Å². The van der Waals surface area contributed by atoms with Crippen molar-refractivity contribution in [3.8, 4) is 17.1 Å². The summed E-state index contributed by atoms with van der Waals surface area (Å²) < 4.78 is 14.0. The van der Waals surface area contributed by atoms with Gasteiger partial charge in [-0.05, 0) is 43.4 Å². The first-order chi connectivity index (χ1) is 13.2. The third-order valence-electron chi connectivity index (χ3n) is 5.64. The maximum Gasteiger partial charge on any atom is 0.214 e. The molecule has 0 atom stereocenters. The Morgan fingerprint density at radius 3 is 2.44 bits per heavy atom. The van der Waals surface area contributed by atoms with Gasteiger partial charge in [-0.3, -0.25) is 0 Å². The van der Waals surface area contributed by atoms with Crippen LogP contribution in [-0.2, 0) is 0 Å². The average molecular weight is 363 g/mol. The summed E-state index contributed by atoms with van der Waals surface area (Å²) in [6, 6.07) is 19.1. The van der Waals surface area contributed by atoms with Crippen LogP contribution in [-0.4, -0.2) is 45.2 Å². The second kappa shape index (κ2) is 7.57. The molecule has 0 spiro atoms. The van der Waals surface area contributed by atoms with Crippen LogP contribution in [0.25, 0.3) is 22.3 Å². The van der Waals surface area contributed by atoms with Crippen LogP contribution in [0.5, 0.6) is 5.75 Å². The van der Waals surface area contributed by atoms with Gasteiger partial charge in [-0.1, -0.05) is 12.1 Å². The number of hydrogen-bond acceptors (Lipinski definition) is 3. The molecule has 0 amide bonds. The van der Waals surface area contributed by atoms with Crippen molar-refractivity contribution in [3.63, 3.8) is 0 Å². The monoisotopic (exact) mass is 363 g/mol. The minimum absolute atomic E-state index is 0.552. The molecule has 0 N–H and O–H groups in total. The molecule has 2 heterocycles. The molecule has 1 aromatic heterocycles. The minimum atomic E-state index is 0.552. The van der Waals surface area contributed by atoms with E-state index in [1.165, 1.54) is 18.2 Å². The van der Waals surface area contributed by atoms with E-state index in [0.717, 1.165) is 41.1 Å². The van der Waals surface area contributed by atoms with Gasteiger partial charge >= 0.3 is 0 Å². The highest BCUT2D eigenvalue weighted by atomic mass is 16.5. The molecule has 0 bridgehead atoms. The Bertz CT molecular complexity index is 997. The molecule has 0 radical (unpaired) electrons. The van der Waals surface area contributed by atoms with Crippen molar-refractivity contribution in [2.24, 2.45) is 0 Å². The van der Waals surface area contributed by atoms with E-state index >= 15 is 0 Å². The third-order valence-corrected chi connectivity index (χ3v) is 5.64. The highest BCUT2D eigenvalue weighted by molar-refractivity contribution is 5.78. The summed E-state index contributed by atoms with van der Waals surface area (Å²) in [4.78, 5) is 2.41. The molecule has 1 aliphatic rings. The number of piperidine rings is 1. The van der Waals surface area contributed by atoms with Crippen LogP contribution < -0.4 is 14.7 Å². The Morgan fingerprint density at radius 1 is 1.04 bits per heavy atom. The summed E-state index contributed by atoms with van der Waals surface area (Å²) in [5.74, 6) is 1.73. The maximum absolute atomic E-state index is 6.24. The second-order valence-electron chi connectivity index (χ2n) is 7.37. The van der Waals surface area contributed by atoms with Crippen LogP contribution in [0.2, 0.25) is 0 Å². The van der Waals surface area contributed by atoms with Gasteiger partial charge in [0.2, 0.25) is 5.36 Å². The number of likely N-dealkylation sites (tertiary alicyclic amines) is 1.